The fourth-order valence-electron chi connectivity index (χ4n) is 3.05. The molecule has 1 atom stereocenters. The number of aryl methyl sites for hydroxylation is 1. The highest BCUT2D eigenvalue weighted by Crippen LogP contribution is 2.23. The summed E-state index contributed by atoms with van der Waals surface area (Å²) in [6.07, 6.45) is 1.63. The standard InChI is InChI=1S/C18H23N3O3S/c1-3-24-17(23)13-5-4-8-21(10-13)16(22)11-25-18-19-14-7-6-12(2)9-15(14)20-18/h6-7,9,13H,3-5,8,10-11H2,1-2H3,(H,19,20). The molecule has 2 aromatic rings. The SMILES string of the molecule is CCOC(=O)C1CCCN(C(=O)CSc2nc3ccc(C)cc3[nH]2)C1. The number of hydrogen-bond donors (Lipinski definition) is 1. The number of benzene rings is 1. The Kier molecular flexibility index (Phi) is 5.63. The molecule has 2 heterocycles. The molecule has 0 spiro atoms. The summed E-state index contributed by atoms with van der Waals surface area (Å²) in [4.78, 5) is 33.9. The number of aromatic nitrogens is 2. The van der Waals surface area contributed by atoms with Crippen molar-refractivity contribution in [1.82, 2.24) is 14.9 Å². The molecule has 1 aromatic heterocycles. The van der Waals surface area contributed by atoms with Gasteiger partial charge < -0.3 is 14.6 Å². The highest BCUT2D eigenvalue weighted by Gasteiger charge is 2.29. The second-order valence-corrected chi connectivity index (χ2v) is 7.25. The lowest BCUT2D eigenvalue weighted by Crippen LogP contribution is -2.43. The van der Waals surface area contributed by atoms with Crippen LogP contribution < -0.4 is 0 Å². The molecule has 1 fully saturated rings. The van der Waals surface area contributed by atoms with Gasteiger partial charge in [-0.25, -0.2) is 4.98 Å². The number of esters is 1. The Morgan fingerprint density at radius 1 is 1.44 bits per heavy atom. The van der Waals surface area contributed by atoms with E-state index in [4.69, 9.17) is 4.74 Å². The van der Waals surface area contributed by atoms with Crippen molar-refractivity contribution in [3.8, 4) is 0 Å². The summed E-state index contributed by atoms with van der Waals surface area (Å²) in [5, 5.41) is 0.743. The number of thioether (sulfide) groups is 1. The van der Waals surface area contributed by atoms with Gasteiger partial charge in [-0.3, -0.25) is 9.59 Å². The third kappa shape index (κ3) is 4.34. The van der Waals surface area contributed by atoms with Gasteiger partial charge in [0.2, 0.25) is 5.91 Å². The number of fused-ring (bicyclic) bond motifs is 1. The third-order valence-corrected chi connectivity index (χ3v) is 5.20. The van der Waals surface area contributed by atoms with Gasteiger partial charge in [-0.1, -0.05) is 17.8 Å². The summed E-state index contributed by atoms with van der Waals surface area (Å²) in [6.45, 7) is 5.37. The van der Waals surface area contributed by atoms with Gasteiger partial charge in [-0.2, -0.15) is 0 Å². The fraction of sp³-hybridized carbons (Fsp3) is 0.500. The first-order valence-electron chi connectivity index (χ1n) is 8.60. The number of rotatable bonds is 5. The van der Waals surface area contributed by atoms with Crippen LogP contribution >= 0.6 is 11.8 Å². The number of nitrogens with one attached hydrogen (secondary N) is 1. The van der Waals surface area contributed by atoms with Crippen LogP contribution in [0.15, 0.2) is 23.4 Å². The number of ether oxygens (including phenoxy) is 1. The average Bonchev–Trinajstić information content (AvgIpc) is 3.02. The number of H-pyrrole nitrogens is 1. The first-order chi connectivity index (χ1) is 12.1. The highest BCUT2D eigenvalue weighted by atomic mass is 32.2. The molecular formula is C18H23N3O3S. The largest absolute Gasteiger partial charge is 0.466 e. The lowest BCUT2D eigenvalue weighted by Gasteiger charge is -2.31. The zero-order valence-corrected chi connectivity index (χ0v) is 15.4. The van der Waals surface area contributed by atoms with Crippen LogP contribution in [0.2, 0.25) is 0 Å². The van der Waals surface area contributed by atoms with E-state index >= 15 is 0 Å². The van der Waals surface area contributed by atoms with Crippen molar-refractivity contribution in [1.29, 1.82) is 0 Å². The number of piperidine rings is 1. The molecule has 0 aliphatic carbocycles. The number of likely N-dealkylation sites (tertiary alicyclic amines) is 1. The highest BCUT2D eigenvalue weighted by molar-refractivity contribution is 7.99. The molecule has 0 radical (unpaired) electrons. The molecule has 1 amide bonds. The zero-order valence-electron chi connectivity index (χ0n) is 14.6. The number of aromatic amines is 1. The fourth-order valence-corrected chi connectivity index (χ4v) is 3.83. The van der Waals surface area contributed by atoms with Crippen molar-refractivity contribution in [3.05, 3.63) is 23.8 Å². The number of carbonyl (C=O) groups excluding carboxylic acids is 2. The minimum Gasteiger partial charge on any atom is -0.466 e. The summed E-state index contributed by atoms with van der Waals surface area (Å²) >= 11 is 1.40. The Morgan fingerprint density at radius 2 is 2.28 bits per heavy atom. The number of nitrogens with zero attached hydrogens (tertiary/aromatic N) is 2. The van der Waals surface area contributed by atoms with E-state index in [2.05, 4.69) is 9.97 Å². The van der Waals surface area contributed by atoms with E-state index in [9.17, 15) is 9.59 Å². The van der Waals surface area contributed by atoms with Crippen LogP contribution in [-0.2, 0) is 14.3 Å². The van der Waals surface area contributed by atoms with Crippen LogP contribution in [0.3, 0.4) is 0 Å². The van der Waals surface area contributed by atoms with Crippen molar-refractivity contribution in [2.24, 2.45) is 5.92 Å². The first-order valence-corrected chi connectivity index (χ1v) is 9.59. The van der Waals surface area contributed by atoms with E-state index in [0.717, 1.165) is 29.0 Å². The Balaban J connectivity index is 1.56. The molecule has 25 heavy (non-hydrogen) atoms. The van der Waals surface area contributed by atoms with E-state index in [1.165, 1.54) is 17.3 Å². The molecule has 134 valence electrons. The van der Waals surface area contributed by atoms with Crippen LogP contribution in [0.4, 0.5) is 0 Å². The normalized spacial score (nSPS) is 17.7. The first kappa shape index (κ1) is 17.8. The number of carbonyl (C=O) groups is 2. The van der Waals surface area contributed by atoms with E-state index in [1.807, 2.05) is 25.1 Å². The molecular weight excluding hydrogens is 338 g/mol. The van der Waals surface area contributed by atoms with Crippen LogP contribution in [-0.4, -0.2) is 52.2 Å². The molecule has 1 aliphatic rings. The quantitative estimate of drug-likeness (QED) is 0.655. The molecule has 1 aromatic carbocycles. The lowest BCUT2D eigenvalue weighted by molar-refractivity contribution is -0.151. The monoisotopic (exact) mass is 361 g/mol. The molecule has 1 saturated heterocycles. The van der Waals surface area contributed by atoms with E-state index < -0.39 is 0 Å². The van der Waals surface area contributed by atoms with Crippen LogP contribution in [0.5, 0.6) is 0 Å². The van der Waals surface area contributed by atoms with Gasteiger partial charge >= 0.3 is 5.97 Å². The van der Waals surface area contributed by atoms with Gasteiger partial charge in [-0.05, 0) is 44.4 Å². The molecule has 1 unspecified atom stereocenters. The average molecular weight is 361 g/mol. The summed E-state index contributed by atoms with van der Waals surface area (Å²) in [5.74, 6) is -0.0401. The maximum atomic E-state index is 12.5. The third-order valence-electron chi connectivity index (χ3n) is 4.34. The van der Waals surface area contributed by atoms with Gasteiger partial charge in [0.05, 0.1) is 29.3 Å². The number of imidazole rings is 1. The van der Waals surface area contributed by atoms with Gasteiger partial charge in [0, 0.05) is 13.1 Å². The van der Waals surface area contributed by atoms with Crippen LogP contribution in [0.25, 0.3) is 11.0 Å². The number of amides is 1. The van der Waals surface area contributed by atoms with Crippen molar-refractivity contribution in [3.63, 3.8) is 0 Å². The maximum Gasteiger partial charge on any atom is 0.310 e. The second kappa shape index (κ2) is 7.91. The van der Waals surface area contributed by atoms with E-state index in [0.29, 0.717) is 25.4 Å². The summed E-state index contributed by atoms with van der Waals surface area (Å²) < 4.78 is 5.08. The second-order valence-electron chi connectivity index (χ2n) is 6.28. The Labute approximate surface area is 151 Å². The smallest absolute Gasteiger partial charge is 0.310 e. The van der Waals surface area contributed by atoms with Crippen molar-refractivity contribution in [2.75, 3.05) is 25.4 Å². The molecule has 1 N–H and O–H groups in total. The molecule has 6 nitrogen and oxygen atoms in total. The van der Waals surface area contributed by atoms with Gasteiger partial charge in [0.15, 0.2) is 5.16 Å². The van der Waals surface area contributed by atoms with Crippen LogP contribution in [0, 0.1) is 12.8 Å². The van der Waals surface area contributed by atoms with Crippen molar-refractivity contribution in [2.45, 2.75) is 31.8 Å². The number of hydrogen-bond acceptors (Lipinski definition) is 5. The Bertz CT molecular complexity index is 774. The minimum absolute atomic E-state index is 0.0376. The van der Waals surface area contributed by atoms with Gasteiger partial charge in [0.1, 0.15) is 0 Å². The van der Waals surface area contributed by atoms with E-state index in [1.54, 1.807) is 11.8 Å². The van der Waals surface area contributed by atoms with Crippen molar-refractivity contribution < 1.29 is 14.3 Å². The molecule has 1 aliphatic heterocycles. The lowest BCUT2D eigenvalue weighted by atomic mass is 9.98. The molecule has 0 bridgehead atoms. The topological polar surface area (TPSA) is 75.3 Å². The summed E-state index contributed by atoms with van der Waals surface area (Å²) in [5.41, 5.74) is 3.05. The van der Waals surface area contributed by atoms with Crippen LogP contribution in [0.1, 0.15) is 25.3 Å². The summed E-state index contributed by atoms with van der Waals surface area (Å²) in [7, 11) is 0. The predicted molar refractivity (Wildman–Crippen MR) is 97.5 cm³/mol. The Hall–Kier alpha value is -2.02. The maximum absolute atomic E-state index is 12.5. The van der Waals surface area contributed by atoms with Gasteiger partial charge in [0.25, 0.3) is 0 Å². The summed E-state index contributed by atoms with van der Waals surface area (Å²) in [6, 6.07) is 6.04. The zero-order chi connectivity index (χ0) is 17.8. The Morgan fingerprint density at radius 3 is 3.08 bits per heavy atom. The van der Waals surface area contributed by atoms with Crippen molar-refractivity contribution >= 4 is 34.7 Å². The predicted octanol–water partition coefficient (Wildman–Crippen LogP) is 2.77. The molecule has 3 rings (SSSR count). The van der Waals surface area contributed by atoms with E-state index in [-0.39, 0.29) is 17.8 Å². The molecule has 0 saturated carbocycles. The van der Waals surface area contributed by atoms with Gasteiger partial charge in [-0.15, -0.1) is 0 Å². The minimum atomic E-state index is -0.197. The molecule has 7 heteroatoms.